The summed E-state index contributed by atoms with van der Waals surface area (Å²) in [6, 6.07) is 10.2. The Bertz CT molecular complexity index is 1230. The van der Waals surface area contributed by atoms with Crippen molar-refractivity contribution in [2.45, 2.75) is 31.7 Å². The van der Waals surface area contributed by atoms with Crippen molar-refractivity contribution in [1.82, 2.24) is 14.8 Å². The Kier molecular flexibility index (Phi) is 6.19. The van der Waals surface area contributed by atoms with Gasteiger partial charge in [-0.1, -0.05) is 30.3 Å². The summed E-state index contributed by atoms with van der Waals surface area (Å²) < 4.78 is 0. The zero-order valence-electron chi connectivity index (χ0n) is 18.6. The molecule has 3 amide bonds. The van der Waals surface area contributed by atoms with Gasteiger partial charge in [0, 0.05) is 36.6 Å². The maximum atomic E-state index is 13.5. The van der Waals surface area contributed by atoms with Gasteiger partial charge in [-0.05, 0) is 37.1 Å². The van der Waals surface area contributed by atoms with Gasteiger partial charge < -0.3 is 20.2 Å². The molecule has 9 heteroatoms. The highest BCUT2D eigenvalue weighted by Gasteiger charge is 2.39. The van der Waals surface area contributed by atoms with Crippen molar-refractivity contribution < 1.29 is 19.5 Å². The number of rotatable bonds is 4. The Morgan fingerprint density at radius 1 is 1.06 bits per heavy atom. The minimum absolute atomic E-state index is 0.0573. The Morgan fingerprint density at radius 3 is 2.71 bits per heavy atom. The van der Waals surface area contributed by atoms with Gasteiger partial charge in [-0.15, -0.1) is 11.3 Å². The third kappa shape index (κ3) is 4.23. The van der Waals surface area contributed by atoms with Crippen LogP contribution >= 0.6 is 11.3 Å². The molecule has 2 aliphatic heterocycles. The maximum Gasteiger partial charge on any atom is 0.258 e. The van der Waals surface area contributed by atoms with E-state index in [1.54, 1.807) is 33.5 Å². The zero-order valence-corrected chi connectivity index (χ0v) is 19.5. The van der Waals surface area contributed by atoms with Gasteiger partial charge in [-0.2, -0.15) is 0 Å². The van der Waals surface area contributed by atoms with Crippen molar-refractivity contribution in [3.05, 3.63) is 53.5 Å². The van der Waals surface area contributed by atoms with E-state index >= 15 is 0 Å². The number of likely N-dealkylation sites (tertiary alicyclic amines) is 2. The number of nitrogens with zero attached hydrogens (tertiary/aromatic N) is 3. The monoisotopic (exact) mass is 478 g/mol. The first-order valence-corrected chi connectivity index (χ1v) is 12.4. The van der Waals surface area contributed by atoms with E-state index in [9.17, 15) is 19.5 Å². The second-order valence-corrected chi connectivity index (χ2v) is 9.68. The van der Waals surface area contributed by atoms with Gasteiger partial charge in [-0.25, -0.2) is 4.98 Å². The summed E-state index contributed by atoms with van der Waals surface area (Å²) >= 11 is 1.36. The number of anilines is 1. The molecule has 3 aromatic rings. The van der Waals surface area contributed by atoms with Crippen LogP contribution in [0.5, 0.6) is 5.75 Å². The van der Waals surface area contributed by atoms with Crippen LogP contribution in [0.4, 0.5) is 5.13 Å². The molecule has 2 unspecified atom stereocenters. The number of amides is 3. The van der Waals surface area contributed by atoms with Crippen molar-refractivity contribution in [3.8, 4) is 5.75 Å². The van der Waals surface area contributed by atoms with Gasteiger partial charge >= 0.3 is 0 Å². The van der Waals surface area contributed by atoms with Crippen molar-refractivity contribution in [3.63, 3.8) is 0 Å². The van der Waals surface area contributed by atoms with Crippen molar-refractivity contribution in [1.29, 1.82) is 0 Å². The summed E-state index contributed by atoms with van der Waals surface area (Å²) in [5.74, 6) is -0.963. The van der Waals surface area contributed by atoms with E-state index in [0.29, 0.717) is 43.0 Å². The van der Waals surface area contributed by atoms with Crippen LogP contribution in [0.15, 0.2) is 48.0 Å². The molecule has 8 nitrogen and oxygen atoms in total. The average molecular weight is 479 g/mol. The second kappa shape index (κ2) is 9.42. The maximum absolute atomic E-state index is 13.5. The molecule has 2 saturated heterocycles. The lowest BCUT2D eigenvalue weighted by atomic mass is 9.96. The van der Waals surface area contributed by atoms with Gasteiger partial charge in [0.15, 0.2) is 5.13 Å². The van der Waals surface area contributed by atoms with E-state index in [-0.39, 0.29) is 35.0 Å². The van der Waals surface area contributed by atoms with E-state index in [4.69, 9.17) is 0 Å². The summed E-state index contributed by atoms with van der Waals surface area (Å²) in [4.78, 5) is 46.9. The molecule has 0 radical (unpaired) electrons. The molecule has 2 fully saturated rings. The summed E-state index contributed by atoms with van der Waals surface area (Å²) in [5, 5.41) is 17.4. The number of piperidine rings is 1. The number of hydrogen-bond acceptors (Lipinski definition) is 6. The lowest BCUT2D eigenvalue weighted by Gasteiger charge is -2.35. The number of fused-ring (bicyclic) bond motifs is 1. The predicted octanol–water partition coefficient (Wildman–Crippen LogP) is 3.48. The molecule has 0 spiro atoms. The largest absolute Gasteiger partial charge is 0.506 e. The first-order valence-electron chi connectivity index (χ1n) is 11.5. The molecule has 2 N–H and O–H groups in total. The van der Waals surface area contributed by atoms with Gasteiger partial charge in [0.25, 0.3) is 5.91 Å². The number of phenols is 1. The van der Waals surface area contributed by atoms with Crippen molar-refractivity contribution in [2.24, 2.45) is 5.92 Å². The fourth-order valence-electron chi connectivity index (χ4n) is 4.94. The highest BCUT2D eigenvalue weighted by atomic mass is 32.1. The molecule has 2 aliphatic rings. The number of aromatic nitrogens is 1. The molecule has 1 aromatic heterocycles. The number of thiazole rings is 1. The number of nitrogens with one attached hydrogen (secondary N) is 1. The fourth-order valence-corrected chi connectivity index (χ4v) is 5.48. The fraction of sp³-hybridized carbons (Fsp3) is 0.360. The quantitative estimate of drug-likeness (QED) is 0.598. The van der Waals surface area contributed by atoms with Gasteiger partial charge in [-0.3, -0.25) is 14.4 Å². The molecule has 0 aliphatic carbocycles. The van der Waals surface area contributed by atoms with E-state index in [0.717, 1.165) is 18.2 Å². The molecule has 5 rings (SSSR count). The summed E-state index contributed by atoms with van der Waals surface area (Å²) in [5.41, 5.74) is 0.206. The second-order valence-electron chi connectivity index (χ2n) is 8.79. The highest BCUT2D eigenvalue weighted by molar-refractivity contribution is 7.13. The zero-order chi connectivity index (χ0) is 23.7. The number of hydrogen-bond donors (Lipinski definition) is 2. The van der Waals surface area contributed by atoms with Crippen molar-refractivity contribution >= 4 is 45.0 Å². The first kappa shape index (κ1) is 22.3. The molecular weight excluding hydrogens is 452 g/mol. The third-order valence-corrected chi connectivity index (χ3v) is 7.38. The van der Waals surface area contributed by atoms with Crippen LogP contribution in [-0.4, -0.2) is 63.3 Å². The Balaban J connectivity index is 1.30. The topological polar surface area (TPSA) is 103 Å². The van der Waals surface area contributed by atoms with Gasteiger partial charge in [0.2, 0.25) is 11.8 Å². The normalized spacial score (nSPS) is 20.5. The smallest absolute Gasteiger partial charge is 0.258 e. The molecule has 2 atom stereocenters. The van der Waals surface area contributed by atoms with Crippen LogP contribution in [0.1, 0.15) is 36.0 Å². The van der Waals surface area contributed by atoms with Crippen LogP contribution in [0.2, 0.25) is 0 Å². The minimum atomic E-state index is -0.584. The summed E-state index contributed by atoms with van der Waals surface area (Å²) in [7, 11) is 0. The Morgan fingerprint density at radius 2 is 1.88 bits per heavy atom. The number of carbonyl (C=O) groups excluding carboxylic acids is 3. The van der Waals surface area contributed by atoms with Gasteiger partial charge in [0.05, 0.1) is 11.5 Å². The summed E-state index contributed by atoms with van der Waals surface area (Å²) in [6.45, 7) is 1.36. The number of benzene rings is 2. The lowest BCUT2D eigenvalue weighted by Crippen LogP contribution is -2.51. The van der Waals surface area contributed by atoms with Crippen LogP contribution in [0.3, 0.4) is 0 Å². The average Bonchev–Trinajstić information content (AvgIpc) is 3.56. The predicted molar refractivity (Wildman–Crippen MR) is 130 cm³/mol. The molecular formula is C25H26N4O4S. The Hall–Kier alpha value is -3.46. The van der Waals surface area contributed by atoms with Crippen LogP contribution in [-0.2, 0) is 9.59 Å². The summed E-state index contributed by atoms with van der Waals surface area (Å²) in [6.07, 6.45) is 4.37. The SMILES string of the molecule is O=C(Nc1nccs1)C1CCCN(C(=O)C2CCCN2C(=O)c2ccc3ccccc3c2O)C1. The number of phenolic OH excluding ortho intramolecular Hbond substituents is 1. The van der Waals surface area contributed by atoms with E-state index in [2.05, 4.69) is 10.3 Å². The van der Waals surface area contributed by atoms with Crippen LogP contribution < -0.4 is 5.32 Å². The van der Waals surface area contributed by atoms with Crippen LogP contribution in [0.25, 0.3) is 10.8 Å². The first-order chi connectivity index (χ1) is 16.5. The molecule has 3 heterocycles. The van der Waals surface area contributed by atoms with E-state index in [1.165, 1.54) is 11.3 Å². The van der Waals surface area contributed by atoms with E-state index < -0.39 is 6.04 Å². The molecule has 176 valence electrons. The molecule has 0 bridgehead atoms. The van der Waals surface area contributed by atoms with Crippen molar-refractivity contribution in [2.75, 3.05) is 25.0 Å². The molecule has 34 heavy (non-hydrogen) atoms. The third-order valence-electron chi connectivity index (χ3n) is 6.70. The van der Waals surface area contributed by atoms with E-state index in [1.807, 2.05) is 24.3 Å². The van der Waals surface area contributed by atoms with Gasteiger partial charge in [0.1, 0.15) is 11.8 Å². The number of carbonyl (C=O) groups is 3. The number of aromatic hydroxyl groups is 1. The Labute approximate surface area is 201 Å². The highest BCUT2D eigenvalue weighted by Crippen LogP contribution is 2.32. The lowest BCUT2D eigenvalue weighted by molar-refractivity contribution is -0.138. The molecule has 0 saturated carbocycles. The minimum Gasteiger partial charge on any atom is -0.506 e. The van der Waals surface area contributed by atoms with Crippen LogP contribution in [0, 0.1) is 5.92 Å². The standard InChI is InChI=1S/C25H26N4O4S/c30-21-18-7-2-1-5-16(18)9-10-19(21)23(32)29-13-4-8-20(29)24(33)28-12-3-6-17(15-28)22(31)27-25-26-11-14-34-25/h1-2,5,7,9-11,14,17,20,30H,3-4,6,8,12-13,15H2,(H,26,27,31). The molecule has 2 aromatic carbocycles.